The summed E-state index contributed by atoms with van der Waals surface area (Å²) in [6.07, 6.45) is -0.561. The number of ether oxygens (including phenoxy) is 1. The fourth-order valence-electron chi connectivity index (χ4n) is 3.54. The maximum absolute atomic E-state index is 10.9. The van der Waals surface area contributed by atoms with E-state index in [9.17, 15) is 5.11 Å². The van der Waals surface area contributed by atoms with Crippen LogP contribution in [0.5, 0.6) is 0 Å². The van der Waals surface area contributed by atoms with E-state index in [0.29, 0.717) is 6.54 Å². The van der Waals surface area contributed by atoms with E-state index in [2.05, 4.69) is 31.0 Å². The second-order valence-corrected chi connectivity index (χ2v) is 6.19. The molecule has 0 amide bonds. The van der Waals surface area contributed by atoms with Gasteiger partial charge in [0.15, 0.2) is 0 Å². The monoisotopic (exact) mass is 386 g/mol. The number of aliphatic hydroxyl groups is 1. The summed E-state index contributed by atoms with van der Waals surface area (Å²) in [4.78, 5) is 6.93. The minimum atomic E-state index is -0.561. The Kier molecular flexibility index (Phi) is 6.35. The first-order valence-corrected chi connectivity index (χ1v) is 8.07. The molecule has 0 bridgehead atoms. The molecule has 1 aromatic carbocycles. The minimum absolute atomic E-state index is 0. The van der Waals surface area contributed by atoms with E-state index in [-0.39, 0.29) is 24.8 Å². The lowest BCUT2D eigenvalue weighted by molar-refractivity contribution is 0.0133. The Bertz CT molecular complexity index is 855. The lowest BCUT2D eigenvalue weighted by atomic mass is 10.2. The van der Waals surface area contributed by atoms with Crippen LogP contribution in [0.2, 0.25) is 0 Å². The van der Waals surface area contributed by atoms with Gasteiger partial charge in [-0.05, 0) is 19.1 Å². The average Bonchev–Trinajstić information content (AvgIpc) is 3.04. The molecule has 4 rings (SSSR count). The van der Waals surface area contributed by atoms with Gasteiger partial charge in [-0.1, -0.05) is 12.1 Å². The van der Waals surface area contributed by atoms with Crippen LogP contribution in [0.4, 0.5) is 0 Å². The Labute approximate surface area is 159 Å². The topological polar surface area (TPSA) is 54.9 Å². The maximum Gasteiger partial charge on any atom is 0.215 e. The van der Waals surface area contributed by atoms with Gasteiger partial charge in [-0.25, -0.2) is 4.98 Å². The third-order valence-electron chi connectivity index (χ3n) is 4.71. The van der Waals surface area contributed by atoms with Crippen LogP contribution in [0, 0.1) is 6.92 Å². The zero-order valence-corrected chi connectivity index (χ0v) is 16.0. The van der Waals surface area contributed by atoms with Gasteiger partial charge in [0, 0.05) is 26.7 Å². The van der Waals surface area contributed by atoms with Crippen LogP contribution >= 0.6 is 24.8 Å². The average molecular weight is 387 g/mol. The Balaban J connectivity index is 0.00000113. The van der Waals surface area contributed by atoms with Crippen molar-refractivity contribution in [2.45, 2.75) is 13.0 Å². The molecular formula is C17H24Cl2N4O2. The Morgan fingerprint density at radius 2 is 1.80 bits per heavy atom. The summed E-state index contributed by atoms with van der Waals surface area (Å²) in [5, 5.41) is 10.9. The normalized spacial score (nSPS) is 16.6. The predicted octanol–water partition coefficient (Wildman–Crippen LogP) is 2.34. The molecule has 3 heterocycles. The lowest BCUT2D eigenvalue weighted by Crippen LogP contribution is -2.39. The number of hydrogen-bond acceptors (Lipinski definition) is 4. The van der Waals surface area contributed by atoms with Crippen molar-refractivity contribution >= 4 is 41.6 Å². The highest BCUT2D eigenvalue weighted by atomic mass is 35.5. The summed E-state index contributed by atoms with van der Waals surface area (Å²) >= 11 is 0. The summed E-state index contributed by atoms with van der Waals surface area (Å²) in [6, 6.07) is 8.21. The number of fused-ring (bicyclic) bond motifs is 3. The van der Waals surface area contributed by atoms with Crippen LogP contribution in [-0.4, -0.2) is 56.8 Å². The molecule has 0 spiro atoms. The van der Waals surface area contributed by atoms with Crippen molar-refractivity contribution in [1.29, 1.82) is 0 Å². The predicted molar refractivity (Wildman–Crippen MR) is 103 cm³/mol. The molecule has 1 aliphatic rings. The zero-order chi connectivity index (χ0) is 16.0. The molecule has 1 atom stereocenters. The first-order valence-electron chi connectivity index (χ1n) is 8.07. The van der Waals surface area contributed by atoms with E-state index in [4.69, 9.17) is 4.74 Å². The molecule has 0 radical (unpaired) electrons. The van der Waals surface area contributed by atoms with Crippen LogP contribution in [0.3, 0.4) is 0 Å². The molecule has 1 unspecified atom stereocenters. The quantitative estimate of drug-likeness (QED) is 0.750. The van der Waals surface area contributed by atoms with Crippen molar-refractivity contribution in [3.05, 3.63) is 35.7 Å². The summed E-state index contributed by atoms with van der Waals surface area (Å²) in [5.41, 5.74) is 3.99. The van der Waals surface area contributed by atoms with E-state index >= 15 is 0 Å². The molecule has 0 saturated carbocycles. The van der Waals surface area contributed by atoms with E-state index in [1.165, 1.54) is 0 Å². The molecule has 8 heteroatoms. The number of aryl methyl sites for hydroxylation is 2. The molecule has 138 valence electrons. The van der Waals surface area contributed by atoms with Crippen LogP contribution in [-0.2, 0) is 11.8 Å². The van der Waals surface area contributed by atoms with Crippen LogP contribution in [0.15, 0.2) is 24.3 Å². The van der Waals surface area contributed by atoms with Gasteiger partial charge in [0.2, 0.25) is 5.78 Å². The maximum atomic E-state index is 10.9. The standard InChI is InChI=1S/C17H22N4O2.2ClH/c1-12-16(15(22)11-20-7-9-23-10-8-20)21-14-6-4-3-5-13(14)19(2)17(21)18-12;;/h3-6,15,22H,7-11H2,1-2H3;2*1H. The number of nitrogens with zero attached hydrogens (tertiary/aromatic N) is 4. The van der Waals surface area contributed by atoms with Crippen molar-refractivity contribution in [2.24, 2.45) is 7.05 Å². The number of benzene rings is 1. The van der Waals surface area contributed by atoms with Crippen LogP contribution in [0.25, 0.3) is 16.8 Å². The number of imidazole rings is 2. The zero-order valence-electron chi connectivity index (χ0n) is 14.4. The van der Waals surface area contributed by atoms with Gasteiger partial charge >= 0.3 is 0 Å². The fraction of sp³-hybridized carbons (Fsp3) is 0.471. The lowest BCUT2D eigenvalue weighted by Gasteiger charge is -2.28. The highest BCUT2D eigenvalue weighted by Gasteiger charge is 2.24. The van der Waals surface area contributed by atoms with Crippen molar-refractivity contribution < 1.29 is 9.84 Å². The second kappa shape index (κ2) is 7.93. The number of halogens is 2. The van der Waals surface area contributed by atoms with Crippen molar-refractivity contribution in [3.63, 3.8) is 0 Å². The van der Waals surface area contributed by atoms with Gasteiger partial charge in [0.05, 0.1) is 35.6 Å². The van der Waals surface area contributed by atoms with E-state index in [1.807, 2.05) is 26.1 Å². The number of aromatic nitrogens is 3. The first-order chi connectivity index (χ1) is 11.2. The van der Waals surface area contributed by atoms with Gasteiger partial charge in [-0.3, -0.25) is 9.30 Å². The number of rotatable bonds is 3. The Hall–Kier alpha value is -1.31. The highest BCUT2D eigenvalue weighted by Crippen LogP contribution is 2.27. The SMILES string of the molecule is Cc1nc2n(C)c3ccccc3n2c1C(O)CN1CCOCC1.Cl.Cl. The summed E-state index contributed by atoms with van der Waals surface area (Å²) in [6.45, 7) is 5.80. The molecule has 1 saturated heterocycles. The van der Waals surface area contributed by atoms with Crippen molar-refractivity contribution in [3.8, 4) is 0 Å². The molecule has 6 nitrogen and oxygen atoms in total. The van der Waals surface area contributed by atoms with Gasteiger partial charge in [0.1, 0.15) is 6.10 Å². The molecule has 1 aliphatic heterocycles. The van der Waals surface area contributed by atoms with Gasteiger partial charge in [0.25, 0.3) is 0 Å². The Morgan fingerprint density at radius 1 is 1.16 bits per heavy atom. The van der Waals surface area contributed by atoms with Gasteiger partial charge < -0.3 is 14.4 Å². The van der Waals surface area contributed by atoms with Crippen molar-refractivity contribution in [2.75, 3.05) is 32.8 Å². The van der Waals surface area contributed by atoms with Gasteiger partial charge in [-0.2, -0.15) is 0 Å². The molecule has 25 heavy (non-hydrogen) atoms. The fourth-order valence-corrected chi connectivity index (χ4v) is 3.54. The summed E-state index contributed by atoms with van der Waals surface area (Å²) in [7, 11) is 2.02. The highest BCUT2D eigenvalue weighted by molar-refractivity contribution is 5.85. The van der Waals surface area contributed by atoms with Crippen LogP contribution < -0.4 is 0 Å². The van der Waals surface area contributed by atoms with E-state index in [1.54, 1.807) is 0 Å². The largest absolute Gasteiger partial charge is 0.385 e. The van der Waals surface area contributed by atoms with Crippen molar-refractivity contribution in [1.82, 2.24) is 18.9 Å². The van der Waals surface area contributed by atoms with E-state index in [0.717, 1.165) is 54.5 Å². The molecule has 0 aliphatic carbocycles. The van der Waals surface area contributed by atoms with E-state index < -0.39 is 6.10 Å². The Morgan fingerprint density at radius 3 is 2.48 bits per heavy atom. The summed E-state index contributed by atoms with van der Waals surface area (Å²) < 4.78 is 9.55. The third kappa shape index (κ3) is 3.37. The molecule has 3 aromatic rings. The summed E-state index contributed by atoms with van der Waals surface area (Å²) in [5.74, 6) is 0.875. The molecule has 2 aromatic heterocycles. The smallest absolute Gasteiger partial charge is 0.215 e. The number of hydrogen-bond donors (Lipinski definition) is 1. The number of morpholine rings is 1. The number of β-amino-alcohol motifs (C(OH)–C–C–N with tert-alkyl or cyclic N) is 1. The second-order valence-electron chi connectivity index (χ2n) is 6.19. The van der Waals surface area contributed by atoms with Gasteiger partial charge in [-0.15, -0.1) is 24.8 Å². The number of aliphatic hydroxyl groups excluding tert-OH is 1. The molecule has 1 N–H and O–H groups in total. The first kappa shape index (κ1) is 20.0. The molecular weight excluding hydrogens is 363 g/mol. The van der Waals surface area contributed by atoms with Crippen LogP contribution in [0.1, 0.15) is 17.5 Å². The minimum Gasteiger partial charge on any atom is -0.385 e. The third-order valence-corrected chi connectivity index (χ3v) is 4.71. The number of para-hydroxylation sites is 2. The molecule has 1 fully saturated rings.